The van der Waals surface area contributed by atoms with E-state index in [-0.39, 0.29) is 42.0 Å². The summed E-state index contributed by atoms with van der Waals surface area (Å²) in [6.07, 6.45) is -22.5. The average molecular weight is 791 g/mol. The van der Waals surface area contributed by atoms with Gasteiger partial charge in [0.1, 0.15) is 11.4 Å². The molecule has 4 unspecified atom stereocenters. The highest BCUT2D eigenvalue weighted by Crippen LogP contribution is 2.65. The second kappa shape index (κ2) is 15.2. The molecule has 3 aromatic carbocycles. The van der Waals surface area contributed by atoms with Crippen LogP contribution in [-0.2, 0) is 43.7 Å². The summed E-state index contributed by atoms with van der Waals surface area (Å²) in [5.41, 5.74) is -7.23. The van der Waals surface area contributed by atoms with Crippen LogP contribution < -0.4 is 10.6 Å². The quantitative estimate of drug-likeness (QED) is 0.0887. The van der Waals surface area contributed by atoms with Gasteiger partial charge >= 0.3 is 24.7 Å². The highest BCUT2D eigenvalue weighted by molar-refractivity contribution is 7.74. The number of hydrogen-bond acceptors (Lipinski definition) is 4. The van der Waals surface area contributed by atoms with E-state index in [0.717, 1.165) is 7.11 Å². The van der Waals surface area contributed by atoms with E-state index in [4.69, 9.17) is 18.9 Å². The van der Waals surface area contributed by atoms with Crippen LogP contribution in [-0.4, -0.2) is 43.7 Å². The summed E-state index contributed by atoms with van der Waals surface area (Å²) < 4.78 is 198. The van der Waals surface area contributed by atoms with Gasteiger partial charge in [0.2, 0.25) is 0 Å². The molecule has 4 nitrogen and oxygen atoms in total. The molecular weight excluding hydrogens is 755 g/mol. The highest BCUT2D eigenvalue weighted by atomic mass is 31.1. The molecule has 17 heteroatoms. The maximum Gasteiger partial charge on any atom is 0.416 e. The molecule has 292 valence electrons. The van der Waals surface area contributed by atoms with Gasteiger partial charge in [0.05, 0.1) is 40.4 Å². The molecule has 4 atom stereocenters. The van der Waals surface area contributed by atoms with E-state index in [0.29, 0.717) is 0 Å². The van der Waals surface area contributed by atoms with E-state index in [1.165, 1.54) is 57.4 Å². The molecule has 0 amide bonds. The zero-order chi connectivity index (χ0) is 39.9. The SMILES string of the molecule is COC1C=CC(OC)(OC(C)C)C(c2ccccc2)C1(OC(C)C)P(c1cc(C(F)(F)F)cc(C(F)(F)F)c1)c1cc(C(F)(F)F)cc(C(F)(F)F)c1. The van der Waals surface area contributed by atoms with Crippen LogP contribution in [0.1, 0.15) is 61.4 Å². The molecule has 0 saturated heterocycles. The Balaban J connectivity index is 2.39. The number of alkyl halides is 12. The van der Waals surface area contributed by atoms with Crippen molar-refractivity contribution >= 4 is 18.5 Å². The first kappa shape index (κ1) is 42.6. The van der Waals surface area contributed by atoms with Crippen LogP contribution in [0.4, 0.5) is 52.7 Å². The molecule has 0 aromatic heterocycles. The van der Waals surface area contributed by atoms with Gasteiger partial charge in [0.25, 0.3) is 0 Å². The van der Waals surface area contributed by atoms with Crippen molar-refractivity contribution < 1.29 is 71.6 Å². The fourth-order valence-corrected chi connectivity index (χ4v) is 10.0. The number of hydrogen-bond donors (Lipinski definition) is 0. The van der Waals surface area contributed by atoms with Crippen LogP contribution in [0, 0.1) is 0 Å². The van der Waals surface area contributed by atoms with Gasteiger partial charge in [-0.2, -0.15) is 52.7 Å². The maximum atomic E-state index is 14.4. The van der Waals surface area contributed by atoms with Crippen LogP contribution >= 0.6 is 7.92 Å². The summed E-state index contributed by atoms with van der Waals surface area (Å²) in [5.74, 6) is -3.58. The summed E-state index contributed by atoms with van der Waals surface area (Å²) in [5, 5.41) is -4.29. The lowest BCUT2D eigenvalue weighted by Gasteiger charge is -2.57. The van der Waals surface area contributed by atoms with Gasteiger partial charge in [0, 0.05) is 14.2 Å². The largest absolute Gasteiger partial charge is 0.416 e. The molecule has 1 aliphatic carbocycles. The lowest BCUT2D eigenvalue weighted by atomic mass is 9.77. The summed E-state index contributed by atoms with van der Waals surface area (Å²) in [6, 6.07) is 8.34. The lowest BCUT2D eigenvalue weighted by Crippen LogP contribution is -2.63. The summed E-state index contributed by atoms with van der Waals surface area (Å²) >= 11 is 0. The number of halogens is 12. The minimum Gasteiger partial charge on any atom is -0.374 e. The number of rotatable bonds is 10. The van der Waals surface area contributed by atoms with Gasteiger partial charge in [-0.3, -0.25) is 0 Å². The number of benzene rings is 3. The minimum atomic E-state index is -5.45. The summed E-state index contributed by atoms with van der Waals surface area (Å²) in [7, 11) is -1.11. The first-order valence-corrected chi connectivity index (χ1v) is 17.2. The third kappa shape index (κ3) is 8.88. The van der Waals surface area contributed by atoms with Crippen molar-refractivity contribution in [1.29, 1.82) is 0 Å². The predicted molar refractivity (Wildman–Crippen MR) is 173 cm³/mol. The van der Waals surface area contributed by atoms with E-state index in [1.54, 1.807) is 19.9 Å². The number of methoxy groups -OCH3 is 2. The van der Waals surface area contributed by atoms with Crippen molar-refractivity contribution in [2.45, 2.75) is 87.8 Å². The van der Waals surface area contributed by atoms with Crippen molar-refractivity contribution in [2.75, 3.05) is 14.2 Å². The molecule has 0 aliphatic heterocycles. The zero-order valence-electron chi connectivity index (χ0n) is 28.9. The number of ether oxygens (including phenoxy) is 4. The van der Waals surface area contributed by atoms with E-state index < -0.39 is 101 Å². The Bertz CT molecular complexity index is 1610. The Morgan fingerprint density at radius 3 is 1.30 bits per heavy atom. The second-order valence-electron chi connectivity index (χ2n) is 12.7. The zero-order valence-corrected chi connectivity index (χ0v) is 29.8. The monoisotopic (exact) mass is 790 g/mol. The fraction of sp³-hybridized carbons (Fsp3) is 0.444. The third-order valence-electron chi connectivity index (χ3n) is 8.29. The van der Waals surface area contributed by atoms with Crippen molar-refractivity contribution in [3.8, 4) is 0 Å². The third-order valence-corrected chi connectivity index (χ3v) is 11.2. The summed E-state index contributed by atoms with van der Waals surface area (Å²) in [4.78, 5) is 0. The first-order valence-electron chi connectivity index (χ1n) is 15.9. The molecule has 0 saturated carbocycles. The Morgan fingerprint density at radius 1 is 0.585 bits per heavy atom. The second-order valence-corrected chi connectivity index (χ2v) is 15.1. The van der Waals surface area contributed by atoms with Crippen molar-refractivity contribution in [3.63, 3.8) is 0 Å². The highest BCUT2D eigenvalue weighted by Gasteiger charge is 2.64. The Labute approximate surface area is 298 Å². The van der Waals surface area contributed by atoms with Crippen LogP contribution in [0.2, 0.25) is 0 Å². The lowest BCUT2D eigenvalue weighted by molar-refractivity contribution is -0.259. The average Bonchev–Trinajstić information content (AvgIpc) is 3.03. The summed E-state index contributed by atoms with van der Waals surface area (Å²) in [6.45, 7) is 6.02. The molecule has 0 radical (unpaired) electrons. The van der Waals surface area contributed by atoms with E-state index >= 15 is 0 Å². The van der Waals surface area contributed by atoms with Crippen LogP contribution in [0.25, 0.3) is 0 Å². The normalized spacial score (nSPS) is 23.0. The van der Waals surface area contributed by atoms with Crippen LogP contribution in [0.5, 0.6) is 0 Å². The predicted octanol–water partition coefficient (Wildman–Crippen LogP) is 10.5. The topological polar surface area (TPSA) is 36.9 Å². The van der Waals surface area contributed by atoms with E-state index in [9.17, 15) is 52.7 Å². The minimum absolute atomic E-state index is 0.190. The van der Waals surface area contributed by atoms with Gasteiger partial charge in [0.15, 0.2) is 5.79 Å². The molecule has 4 rings (SSSR count). The standard InChI is InChI=1S/C36H35F12O4P/c1-20(2)51-31(50-6)13-12-29(49-5)32(52-21(3)4,30(31)22-10-8-7-9-11-22)53(27-16-23(33(37,38)39)14-24(17-27)34(40,41)42)28-18-25(35(43,44)45)15-26(19-28)36(46,47)48/h7-21,29-30H,1-6H3. The molecule has 0 spiro atoms. The van der Waals surface area contributed by atoms with Crippen molar-refractivity contribution in [2.24, 2.45) is 0 Å². The van der Waals surface area contributed by atoms with Gasteiger partial charge in [-0.1, -0.05) is 36.4 Å². The molecule has 0 bridgehead atoms. The molecule has 0 N–H and O–H groups in total. The van der Waals surface area contributed by atoms with Gasteiger partial charge < -0.3 is 18.9 Å². The van der Waals surface area contributed by atoms with Crippen molar-refractivity contribution in [3.05, 3.63) is 107 Å². The van der Waals surface area contributed by atoms with Crippen LogP contribution in [0.3, 0.4) is 0 Å². The Hall–Kier alpha value is -3.17. The van der Waals surface area contributed by atoms with Gasteiger partial charge in [-0.25, -0.2) is 0 Å². The Morgan fingerprint density at radius 2 is 0.981 bits per heavy atom. The maximum absolute atomic E-state index is 14.4. The molecular formula is C36H35F12O4P. The van der Waals surface area contributed by atoms with E-state index in [2.05, 4.69) is 0 Å². The first-order chi connectivity index (χ1) is 24.3. The molecule has 1 aliphatic rings. The Kier molecular flexibility index (Phi) is 12.2. The molecule has 53 heavy (non-hydrogen) atoms. The fourth-order valence-electron chi connectivity index (χ4n) is 6.49. The molecule has 0 heterocycles. The van der Waals surface area contributed by atoms with Crippen LogP contribution in [0.15, 0.2) is 78.9 Å². The van der Waals surface area contributed by atoms with Crippen molar-refractivity contribution in [1.82, 2.24) is 0 Å². The molecule has 3 aromatic rings. The van der Waals surface area contributed by atoms with E-state index in [1.807, 2.05) is 0 Å². The van der Waals surface area contributed by atoms with Gasteiger partial charge in [-0.15, -0.1) is 0 Å². The van der Waals surface area contributed by atoms with Gasteiger partial charge in [-0.05, 0) is 94.3 Å². The smallest absolute Gasteiger partial charge is 0.374 e. The molecule has 0 fully saturated rings.